The highest BCUT2D eigenvalue weighted by atomic mass is 79.9. The molecule has 0 spiro atoms. The third-order valence-electron chi connectivity index (χ3n) is 2.61. The van der Waals surface area contributed by atoms with Crippen LogP contribution in [0.15, 0.2) is 15.9 Å². The second-order valence-electron chi connectivity index (χ2n) is 5.34. The van der Waals surface area contributed by atoms with Crippen LogP contribution in [0.2, 0.25) is 0 Å². The summed E-state index contributed by atoms with van der Waals surface area (Å²) < 4.78 is 1.21. The average molecular weight is 304 g/mol. The Morgan fingerprint density at radius 1 is 1.44 bits per heavy atom. The van der Waals surface area contributed by atoms with Crippen molar-refractivity contribution in [3.8, 4) is 0 Å². The number of nitrogens with one attached hydrogen (secondary N) is 1. The number of halogens is 1. The first-order chi connectivity index (χ1) is 7.40. The largest absolute Gasteiger partial charge is 0.312 e. The number of hydrogen-bond acceptors (Lipinski definition) is 2. The molecule has 1 aromatic heterocycles. The smallest absolute Gasteiger partial charge is 0.0285 e. The van der Waals surface area contributed by atoms with Crippen molar-refractivity contribution in [1.29, 1.82) is 0 Å². The van der Waals surface area contributed by atoms with Gasteiger partial charge in [0.15, 0.2) is 0 Å². The van der Waals surface area contributed by atoms with Crippen LogP contribution < -0.4 is 5.32 Å². The van der Waals surface area contributed by atoms with Gasteiger partial charge < -0.3 is 5.32 Å². The Morgan fingerprint density at radius 3 is 2.56 bits per heavy atom. The molecule has 1 atom stereocenters. The van der Waals surface area contributed by atoms with E-state index in [1.54, 1.807) is 0 Å². The van der Waals surface area contributed by atoms with Gasteiger partial charge in [0, 0.05) is 20.3 Å². The van der Waals surface area contributed by atoms with Crippen LogP contribution in [0.3, 0.4) is 0 Å². The Morgan fingerprint density at radius 2 is 2.12 bits per heavy atom. The van der Waals surface area contributed by atoms with Gasteiger partial charge in [0.05, 0.1) is 0 Å². The molecule has 0 aliphatic heterocycles. The predicted molar refractivity (Wildman–Crippen MR) is 77.3 cm³/mol. The molecule has 0 saturated carbocycles. The van der Waals surface area contributed by atoms with Crippen molar-refractivity contribution in [2.24, 2.45) is 5.92 Å². The van der Waals surface area contributed by atoms with Gasteiger partial charge in [-0.05, 0) is 61.7 Å². The van der Waals surface area contributed by atoms with Gasteiger partial charge in [0.1, 0.15) is 0 Å². The zero-order valence-corrected chi connectivity index (χ0v) is 13.0. The van der Waals surface area contributed by atoms with Gasteiger partial charge in [-0.2, -0.15) is 0 Å². The topological polar surface area (TPSA) is 12.0 Å². The molecule has 16 heavy (non-hydrogen) atoms. The standard InChI is InChI=1S/C13H22BrNS/c1-5-10(8-15-13(2,3)4)6-12-7-11(14)9-16-12/h7,9-10,15H,5-6,8H2,1-4H3. The van der Waals surface area contributed by atoms with E-state index < -0.39 is 0 Å². The number of hydrogen-bond donors (Lipinski definition) is 1. The molecule has 0 fully saturated rings. The highest BCUT2D eigenvalue weighted by Crippen LogP contribution is 2.23. The molecule has 0 aromatic carbocycles. The van der Waals surface area contributed by atoms with Crippen LogP contribution in [0.5, 0.6) is 0 Å². The highest BCUT2D eigenvalue weighted by Gasteiger charge is 2.14. The molecule has 0 aliphatic rings. The Labute approximate surface area is 112 Å². The minimum Gasteiger partial charge on any atom is -0.312 e. The fourth-order valence-electron chi connectivity index (χ4n) is 1.56. The van der Waals surface area contributed by atoms with E-state index in [0.717, 1.165) is 12.5 Å². The van der Waals surface area contributed by atoms with Crippen LogP contribution in [0, 0.1) is 5.92 Å². The van der Waals surface area contributed by atoms with Gasteiger partial charge in [-0.1, -0.05) is 13.3 Å². The summed E-state index contributed by atoms with van der Waals surface area (Å²) in [5, 5.41) is 5.76. The van der Waals surface area contributed by atoms with Crippen molar-refractivity contribution in [3.63, 3.8) is 0 Å². The minimum absolute atomic E-state index is 0.226. The van der Waals surface area contributed by atoms with Crippen LogP contribution in [-0.2, 0) is 6.42 Å². The predicted octanol–water partition coefficient (Wildman–Crippen LogP) is 4.47. The van der Waals surface area contributed by atoms with Crippen LogP contribution >= 0.6 is 27.3 Å². The van der Waals surface area contributed by atoms with E-state index in [1.165, 1.54) is 22.2 Å². The summed E-state index contributed by atoms with van der Waals surface area (Å²) in [5.41, 5.74) is 0.226. The minimum atomic E-state index is 0.226. The van der Waals surface area contributed by atoms with Crippen LogP contribution in [0.1, 0.15) is 39.0 Å². The summed E-state index contributed by atoms with van der Waals surface area (Å²) >= 11 is 5.36. The van der Waals surface area contributed by atoms with Crippen molar-refractivity contribution in [1.82, 2.24) is 5.32 Å². The Balaban J connectivity index is 2.43. The molecule has 1 rings (SSSR count). The zero-order chi connectivity index (χ0) is 12.2. The molecule has 1 unspecified atom stereocenters. The average Bonchev–Trinajstić information content (AvgIpc) is 2.57. The lowest BCUT2D eigenvalue weighted by molar-refractivity contribution is 0.364. The molecular weight excluding hydrogens is 282 g/mol. The summed E-state index contributed by atoms with van der Waals surface area (Å²) in [5.74, 6) is 0.741. The fraction of sp³-hybridized carbons (Fsp3) is 0.692. The second kappa shape index (κ2) is 6.18. The van der Waals surface area contributed by atoms with Gasteiger partial charge >= 0.3 is 0 Å². The molecule has 3 heteroatoms. The summed E-state index contributed by atoms with van der Waals surface area (Å²) in [6.07, 6.45) is 2.43. The maximum Gasteiger partial charge on any atom is 0.0285 e. The van der Waals surface area contributed by atoms with Gasteiger partial charge in [-0.25, -0.2) is 0 Å². The van der Waals surface area contributed by atoms with E-state index in [4.69, 9.17) is 0 Å². The van der Waals surface area contributed by atoms with E-state index in [2.05, 4.69) is 60.4 Å². The monoisotopic (exact) mass is 303 g/mol. The molecule has 92 valence electrons. The Hall–Kier alpha value is 0.140. The van der Waals surface area contributed by atoms with Crippen LogP contribution in [-0.4, -0.2) is 12.1 Å². The Bertz CT molecular complexity index is 314. The summed E-state index contributed by atoms with van der Waals surface area (Å²) in [7, 11) is 0. The SMILES string of the molecule is CCC(CNC(C)(C)C)Cc1cc(Br)cs1. The molecule has 1 aromatic rings. The number of rotatable bonds is 5. The van der Waals surface area contributed by atoms with Crippen molar-refractivity contribution in [2.45, 2.75) is 46.1 Å². The lowest BCUT2D eigenvalue weighted by Gasteiger charge is -2.24. The molecular formula is C13H22BrNS. The number of thiophene rings is 1. The molecule has 1 N–H and O–H groups in total. The van der Waals surface area contributed by atoms with E-state index in [9.17, 15) is 0 Å². The summed E-state index contributed by atoms with van der Waals surface area (Å²) in [6, 6.07) is 2.24. The van der Waals surface area contributed by atoms with E-state index in [-0.39, 0.29) is 5.54 Å². The van der Waals surface area contributed by atoms with E-state index in [1.807, 2.05) is 11.3 Å². The Kier molecular flexibility index (Phi) is 5.48. The third kappa shape index (κ3) is 5.46. The van der Waals surface area contributed by atoms with Gasteiger partial charge in [-0.3, -0.25) is 0 Å². The van der Waals surface area contributed by atoms with Gasteiger partial charge in [0.2, 0.25) is 0 Å². The molecule has 1 nitrogen and oxygen atoms in total. The lowest BCUT2D eigenvalue weighted by Crippen LogP contribution is -2.39. The van der Waals surface area contributed by atoms with E-state index in [0.29, 0.717) is 0 Å². The quantitative estimate of drug-likeness (QED) is 0.846. The molecule has 0 aliphatic carbocycles. The van der Waals surface area contributed by atoms with Crippen molar-refractivity contribution in [3.05, 3.63) is 20.8 Å². The molecule has 0 amide bonds. The lowest BCUT2D eigenvalue weighted by atomic mass is 9.99. The first-order valence-electron chi connectivity index (χ1n) is 5.88. The van der Waals surface area contributed by atoms with Crippen molar-refractivity contribution < 1.29 is 0 Å². The van der Waals surface area contributed by atoms with Crippen LogP contribution in [0.4, 0.5) is 0 Å². The van der Waals surface area contributed by atoms with Gasteiger partial charge in [-0.15, -0.1) is 11.3 Å². The molecule has 0 radical (unpaired) electrons. The van der Waals surface area contributed by atoms with Crippen molar-refractivity contribution in [2.75, 3.05) is 6.54 Å². The molecule has 0 saturated heterocycles. The zero-order valence-electron chi connectivity index (χ0n) is 10.6. The highest BCUT2D eigenvalue weighted by molar-refractivity contribution is 9.10. The van der Waals surface area contributed by atoms with E-state index >= 15 is 0 Å². The van der Waals surface area contributed by atoms with Crippen molar-refractivity contribution >= 4 is 27.3 Å². The third-order valence-corrected chi connectivity index (χ3v) is 4.33. The summed E-state index contributed by atoms with van der Waals surface area (Å²) in [6.45, 7) is 10.1. The normalized spacial score (nSPS) is 14.1. The fourth-order valence-corrected chi connectivity index (χ4v) is 3.12. The first kappa shape index (κ1) is 14.2. The maximum absolute atomic E-state index is 3.59. The summed E-state index contributed by atoms with van der Waals surface area (Å²) in [4.78, 5) is 1.48. The molecule has 0 bridgehead atoms. The first-order valence-corrected chi connectivity index (χ1v) is 7.56. The van der Waals surface area contributed by atoms with Crippen LogP contribution in [0.25, 0.3) is 0 Å². The maximum atomic E-state index is 3.59. The molecule has 1 heterocycles. The second-order valence-corrected chi connectivity index (χ2v) is 7.25. The van der Waals surface area contributed by atoms with Gasteiger partial charge in [0.25, 0.3) is 0 Å².